The van der Waals surface area contributed by atoms with Gasteiger partial charge in [0.2, 0.25) is 0 Å². The van der Waals surface area contributed by atoms with E-state index in [4.69, 9.17) is 9.47 Å². The first kappa shape index (κ1) is 18.4. The highest BCUT2D eigenvalue weighted by atomic mass is 16.5. The van der Waals surface area contributed by atoms with Gasteiger partial charge < -0.3 is 19.4 Å². The van der Waals surface area contributed by atoms with Crippen molar-refractivity contribution in [3.05, 3.63) is 65.0 Å². The van der Waals surface area contributed by atoms with E-state index in [1.807, 2.05) is 48.7 Å². The van der Waals surface area contributed by atoms with Gasteiger partial charge in [-0.25, -0.2) is 4.68 Å². The van der Waals surface area contributed by atoms with Gasteiger partial charge >= 0.3 is 0 Å². The first-order valence-electron chi connectivity index (χ1n) is 9.78. The molecular formula is C22H21N5O3. The van der Waals surface area contributed by atoms with E-state index in [2.05, 4.69) is 20.2 Å². The number of rotatable bonds is 4. The molecule has 1 aliphatic heterocycles. The molecule has 0 unspecified atom stereocenters. The van der Waals surface area contributed by atoms with Gasteiger partial charge in [-0.3, -0.25) is 4.79 Å². The molecule has 0 amide bonds. The summed E-state index contributed by atoms with van der Waals surface area (Å²) in [5.41, 5.74) is 3.20. The molecule has 0 bridgehead atoms. The zero-order valence-corrected chi connectivity index (χ0v) is 16.5. The van der Waals surface area contributed by atoms with Crippen molar-refractivity contribution in [3.8, 4) is 22.7 Å². The summed E-state index contributed by atoms with van der Waals surface area (Å²) in [7, 11) is 1.63. The molecule has 5 rings (SSSR count). The molecular weight excluding hydrogens is 382 g/mol. The van der Waals surface area contributed by atoms with Gasteiger partial charge in [0.15, 0.2) is 5.43 Å². The second-order valence-corrected chi connectivity index (χ2v) is 7.12. The zero-order valence-electron chi connectivity index (χ0n) is 16.5. The zero-order chi connectivity index (χ0) is 20.5. The number of ether oxygens (including phenoxy) is 2. The lowest BCUT2D eigenvalue weighted by molar-refractivity contribution is 0.122. The van der Waals surface area contributed by atoms with Gasteiger partial charge in [-0.2, -0.15) is 0 Å². The second kappa shape index (κ2) is 7.64. The minimum atomic E-state index is -0.0189. The number of morpholine rings is 1. The van der Waals surface area contributed by atoms with Crippen LogP contribution in [0.2, 0.25) is 0 Å². The van der Waals surface area contributed by atoms with Crippen LogP contribution in [0.1, 0.15) is 0 Å². The van der Waals surface area contributed by atoms with E-state index in [1.54, 1.807) is 17.9 Å². The molecule has 0 saturated carbocycles. The maximum Gasteiger partial charge on any atom is 0.191 e. The molecule has 8 heteroatoms. The quantitative estimate of drug-likeness (QED) is 0.564. The van der Waals surface area contributed by atoms with Crippen LogP contribution in [0.3, 0.4) is 0 Å². The summed E-state index contributed by atoms with van der Waals surface area (Å²) < 4.78 is 12.3. The van der Waals surface area contributed by atoms with Crippen LogP contribution in [0.4, 0.5) is 5.82 Å². The Morgan fingerprint density at radius 1 is 1.07 bits per heavy atom. The number of H-pyrrole nitrogens is 1. The minimum absolute atomic E-state index is 0.0189. The average molecular weight is 403 g/mol. The molecule has 0 radical (unpaired) electrons. The summed E-state index contributed by atoms with van der Waals surface area (Å²) in [5, 5.41) is 9.13. The highest BCUT2D eigenvalue weighted by Gasteiger charge is 2.14. The summed E-state index contributed by atoms with van der Waals surface area (Å²) in [6.07, 6.45) is 1.85. The standard InChI is InChI=1S/C22H21N5O3/c1-29-17-5-3-16(4-6-17)27-14-20(24-25-27)15-2-7-19-18(12-15)21(28)13-22(23-19)26-8-10-30-11-9-26/h2-7,12-14H,8-11H2,1H3,(H,23,28). The highest BCUT2D eigenvalue weighted by molar-refractivity contribution is 5.85. The van der Waals surface area contributed by atoms with Crippen molar-refractivity contribution in [1.82, 2.24) is 20.0 Å². The maximum absolute atomic E-state index is 12.8. The molecule has 2 aromatic carbocycles. The summed E-state index contributed by atoms with van der Waals surface area (Å²) >= 11 is 0. The number of pyridine rings is 1. The van der Waals surface area contributed by atoms with Gasteiger partial charge in [-0.15, -0.1) is 5.10 Å². The summed E-state index contributed by atoms with van der Waals surface area (Å²) in [4.78, 5) is 18.3. The molecule has 0 spiro atoms. The Balaban J connectivity index is 1.47. The number of fused-ring (bicyclic) bond motifs is 1. The number of aromatic amines is 1. The van der Waals surface area contributed by atoms with Gasteiger partial charge in [0, 0.05) is 30.1 Å². The molecule has 1 saturated heterocycles. The van der Waals surface area contributed by atoms with Crippen LogP contribution in [-0.2, 0) is 4.74 Å². The molecule has 1 N–H and O–H groups in total. The van der Waals surface area contributed by atoms with E-state index in [0.29, 0.717) is 24.3 Å². The Labute approximate surface area is 172 Å². The second-order valence-electron chi connectivity index (χ2n) is 7.12. The number of hydrogen-bond acceptors (Lipinski definition) is 6. The van der Waals surface area contributed by atoms with Crippen molar-refractivity contribution in [2.45, 2.75) is 0 Å². The van der Waals surface area contributed by atoms with E-state index in [-0.39, 0.29) is 5.43 Å². The van der Waals surface area contributed by atoms with Crippen LogP contribution < -0.4 is 15.1 Å². The fourth-order valence-corrected chi connectivity index (χ4v) is 3.62. The largest absolute Gasteiger partial charge is 0.497 e. The van der Waals surface area contributed by atoms with Crippen LogP contribution in [0.5, 0.6) is 5.75 Å². The van der Waals surface area contributed by atoms with Gasteiger partial charge in [-0.1, -0.05) is 11.3 Å². The predicted octanol–water partition coefficient (Wildman–Crippen LogP) is 2.62. The molecule has 3 heterocycles. The topological polar surface area (TPSA) is 85.3 Å². The van der Waals surface area contributed by atoms with Crippen LogP contribution >= 0.6 is 0 Å². The summed E-state index contributed by atoms with van der Waals surface area (Å²) in [5.74, 6) is 1.61. The molecule has 152 valence electrons. The average Bonchev–Trinajstić information content (AvgIpc) is 3.30. The van der Waals surface area contributed by atoms with Gasteiger partial charge in [-0.05, 0) is 36.4 Å². The van der Waals surface area contributed by atoms with Crippen molar-refractivity contribution in [2.24, 2.45) is 0 Å². The number of hydrogen-bond donors (Lipinski definition) is 1. The Bertz CT molecular complexity index is 1240. The molecule has 1 fully saturated rings. The monoisotopic (exact) mass is 403 g/mol. The third-order valence-electron chi connectivity index (χ3n) is 5.29. The molecule has 0 aliphatic carbocycles. The number of methoxy groups -OCH3 is 1. The number of benzene rings is 2. The Kier molecular flexibility index (Phi) is 4.68. The number of nitrogens with one attached hydrogen (secondary N) is 1. The SMILES string of the molecule is COc1ccc(-n2cc(-c3ccc4[nH]c(N5CCOCC5)cc(=O)c4c3)nn2)cc1. The molecule has 2 aromatic heterocycles. The van der Waals surface area contributed by atoms with Gasteiger partial charge in [0.1, 0.15) is 17.3 Å². The number of nitrogens with zero attached hydrogens (tertiary/aromatic N) is 4. The fraction of sp³-hybridized carbons (Fsp3) is 0.227. The minimum Gasteiger partial charge on any atom is -0.497 e. The van der Waals surface area contributed by atoms with E-state index < -0.39 is 0 Å². The van der Waals surface area contributed by atoms with Crippen LogP contribution in [0.15, 0.2) is 59.5 Å². The van der Waals surface area contributed by atoms with E-state index in [1.165, 1.54) is 0 Å². The molecule has 4 aromatic rings. The van der Waals surface area contributed by atoms with Gasteiger partial charge in [0.05, 0.1) is 37.7 Å². The lowest BCUT2D eigenvalue weighted by atomic mass is 10.1. The molecule has 8 nitrogen and oxygen atoms in total. The summed E-state index contributed by atoms with van der Waals surface area (Å²) in [6, 6.07) is 15.0. The lowest BCUT2D eigenvalue weighted by Gasteiger charge is -2.28. The fourth-order valence-electron chi connectivity index (χ4n) is 3.62. The Morgan fingerprint density at radius 3 is 2.63 bits per heavy atom. The van der Waals surface area contributed by atoms with E-state index in [0.717, 1.165) is 41.4 Å². The maximum atomic E-state index is 12.8. The normalized spacial score (nSPS) is 14.2. The van der Waals surface area contributed by atoms with Crippen molar-refractivity contribution >= 4 is 16.7 Å². The van der Waals surface area contributed by atoms with Crippen molar-refractivity contribution < 1.29 is 9.47 Å². The first-order valence-corrected chi connectivity index (χ1v) is 9.78. The Morgan fingerprint density at radius 2 is 1.87 bits per heavy atom. The van der Waals surface area contributed by atoms with E-state index in [9.17, 15) is 4.79 Å². The Hall–Kier alpha value is -3.65. The van der Waals surface area contributed by atoms with Crippen LogP contribution in [0, 0.1) is 0 Å². The van der Waals surface area contributed by atoms with Crippen molar-refractivity contribution in [2.75, 3.05) is 38.3 Å². The van der Waals surface area contributed by atoms with E-state index >= 15 is 0 Å². The third-order valence-corrected chi connectivity index (χ3v) is 5.29. The number of aromatic nitrogens is 4. The molecule has 0 atom stereocenters. The molecule has 1 aliphatic rings. The number of anilines is 1. The van der Waals surface area contributed by atoms with Gasteiger partial charge in [0.25, 0.3) is 0 Å². The van der Waals surface area contributed by atoms with Crippen LogP contribution in [0.25, 0.3) is 27.8 Å². The molecule has 30 heavy (non-hydrogen) atoms. The highest BCUT2D eigenvalue weighted by Crippen LogP contribution is 2.23. The predicted molar refractivity (Wildman–Crippen MR) is 115 cm³/mol. The smallest absolute Gasteiger partial charge is 0.191 e. The van der Waals surface area contributed by atoms with Crippen LogP contribution in [-0.4, -0.2) is 53.4 Å². The third kappa shape index (κ3) is 3.42. The van der Waals surface area contributed by atoms with Crippen molar-refractivity contribution in [3.63, 3.8) is 0 Å². The van der Waals surface area contributed by atoms with Crippen molar-refractivity contribution in [1.29, 1.82) is 0 Å². The lowest BCUT2D eigenvalue weighted by Crippen LogP contribution is -2.37. The summed E-state index contributed by atoms with van der Waals surface area (Å²) in [6.45, 7) is 2.88. The first-order chi connectivity index (χ1) is 14.7.